The van der Waals surface area contributed by atoms with Crippen molar-refractivity contribution >= 4 is 28.5 Å². The average Bonchev–Trinajstić information content (AvgIpc) is 2.53. The minimum Gasteiger partial charge on any atom is -0.505 e. The van der Waals surface area contributed by atoms with E-state index in [4.69, 9.17) is 16.7 Å². The Balaban J connectivity index is 2.05. The summed E-state index contributed by atoms with van der Waals surface area (Å²) in [4.78, 5) is 15.2. The van der Waals surface area contributed by atoms with E-state index in [1.165, 1.54) is 24.4 Å². The number of fused-ring (bicyclic) bond motifs is 1. The fraction of sp³-hybridized carbons (Fsp3) is 0.0588. The van der Waals surface area contributed by atoms with Gasteiger partial charge in [0.25, 0.3) is 0 Å². The zero-order valence-electron chi connectivity index (χ0n) is 11.8. The van der Waals surface area contributed by atoms with Crippen LogP contribution in [0.25, 0.3) is 10.9 Å². The third-order valence-electron chi connectivity index (χ3n) is 3.50. The summed E-state index contributed by atoms with van der Waals surface area (Å²) in [6.45, 7) is 0. The molecule has 0 unspecified atom stereocenters. The lowest BCUT2D eigenvalue weighted by atomic mass is 10.0. The maximum absolute atomic E-state index is 12.9. The molecule has 0 spiro atoms. The van der Waals surface area contributed by atoms with Crippen molar-refractivity contribution < 1.29 is 19.4 Å². The van der Waals surface area contributed by atoms with Gasteiger partial charge in [0.15, 0.2) is 5.75 Å². The summed E-state index contributed by atoms with van der Waals surface area (Å²) >= 11 is 6.11. The Kier molecular flexibility index (Phi) is 3.88. The maximum Gasteiger partial charge on any atom is 0.339 e. The number of carboxylic acid groups (broad SMARTS) is 1. The molecule has 0 bridgehead atoms. The van der Waals surface area contributed by atoms with Crippen LogP contribution in [0.15, 0.2) is 42.6 Å². The van der Waals surface area contributed by atoms with Crippen LogP contribution < -0.4 is 0 Å². The SMILES string of the molecule is O=C(O)c1cc(Cl)c2cc(Cc3ccc(F)cc3)cnc2c1O. The number of carboxylic acids is 1. The van der Waals surface area contributed by atoms with E-state index >= 15 is 0 Å². The second-order valence-corrected chi connectivity index (χ2v) is 5.51. The van der Waals surface area contributed by atoms with Gasteiger partial charge in [0.2, 0.25) is 0 Å². The van der Waals surface area contributed by atoms with Gasteiger partial charge < -0.3 is 10.2 Å². The first-order valence-electron chi connectivity index (χ1n) is 6.73. The molecule has 3 aromatic rings. The number of rotatable bonds is 3. The van der Waals surface area contributed by atoms with Gasteiger partial charge in [-0.15, -0.1) is 0 Å². The Morgan fingerprint density at radius 1 is 1.17 bits per heavy atom. The molecule has 0 saturated carbocycles. The third kappa shape index (κ3) is 2.96. The molecule has 116 valence electrons. The van der Waals surface area contributed by atoms with E-state index in [9.17, 15) is 14.3 Å². The van der Waals surface area contributed by atoms with Gasteiger partial charge in [-0.05, 0) is 41.8 Å². The Morgan fingerprint density at radius 3 is 2.52 bits per heavy atom. The summed E-state index contributed by atoms with van der Waals surface area (Å²) in [5.74, 6) is -1.99. The fourth-order valence-corrected chi connectivity index (χ4v) is 2.63. The van der Waals surface area contributed by atoms with Crippen molar-refractivity contribution in [2.75, 3.05) is 0 Å². The van der Waals surface area contributed by atoms with E-state index in [1.54, 1.807) is 18.2 Å². The quantitative estimate of drug-likeness (QED) is 0.760. The van der Waals surface area contributed by atoms with Crippen LogP contribution in [-0.4, -0.2) is 21.2 Å². The molecule has 1 aromatic heterocycles. The van der Waals surface area contributed by atoms with Gasteiger partial charge in [-0.1, -0.05) is 23.7 Å². The summed E-state index contributed by atoms with van der Waals surface area (Å²) in [6.07, 6.45) is 2.05. The predicted octanol–water partition coefficient (Wildman–Crippen LogP) is 4.02. The molecule has 6 heteroatoms. The number of aromatic nitrogens is 1. The van der Waals surface area contributed by atoms with Crippen molar-refractivity contribution in [3.8, 4) is 5.75 Å². The minimum atomic E-state index is -1.27. The molecule has 0 saturated heterocycles. The molecule has 0 aliphatic heterocycles. The Bertz CT molecular complexity index is 910. The number of benzene rings is 2. The van der Waals surface area contributed by atoms with Crippen molar-refractivity contribution in [3.63, 3.8) is 0 Å². The lowest BCUT2D eigenvalue weighted by Gasteiger charge is -2.08. The van der Waals surface area contributed by atoms with E-state index in [2.05, 4.69) is 4.98 Å². The zero-order valence-corrected chi connectivity index (χ0v) is 12.5. The summed E-state index contributed by atoms with van der Waals surface area (Å²) in [5.41, 5.74) is 1.56. The van der Waals surface area contributed by atoms with Crippen molar-refractivity contribution in [2.45, 2.75) is 6.42 Å². The Hall–Kier alpha value is -2.66. The van der Waals surface area contributed by atoms with Gasteiger partial charge in [0, 0.05) is 11.6 Å². The Labute approximate surface area is 135 Å². The first-order chi connectivity index (χ1) is 11.0. The summed E-state index contributed by atoms with van der Waals surface area (Å²) < 4.78 is 12.9. The first-order valence-corrected chi connectivity index (χ1v) is 7.11. The normalized spacial score (nSPS) is 10.9. The highest BCUT2D eigenvalue weighted by Crippen LogP contribution is 2.33. The number of nitrogens with zero attached hydrogens (tertiary/aromatic N) is 1. The van der Waals surface area contributed by atoms with Crippen molar-refractivity contribution in [1.82, 2.24) is 4.98 Å². The molecule has 3 rings (SSSR count). The number of aromatic carboxylic acids is 1. The molecule has 1 heterocycles. The summed E-state index contributed by atoms with van der Waals surface area (Å²) in [5, 5.41) is 19.7. The van der Waals surface area contributed by atoms with Gasteiger partial charge in [-0.3, -0.25) is 4.98 Å². The molecule has 0 amide bonds. The van der Waals surface area contributed by atoms with Crippen molar-refractivity contribution in [2.24, 2.45) is 0 Å². The van der Waals surface area contributed by atoms with Gasteiger partial charge >= 0.3 is 5.97 Å². The molecule has 23 heavy (non-hydrogen) atoms. The second kappa shape index (κ2) is 5.85. The van der Waals surface area contributed by atoms with Gasteiger partial charge in [0.05, 0.1) is 5.02 Å². The largest absolute Gasteiger partial charge is 0.505 e. The lowest BCUT2D eigenvalue weighted by molar-refractivity contribution is 0.0694. The number of hydrogen-bond donors (Lipinski definition) is 2. The molecule has 0 atom stereocenters. The van der Waals surface area contributed by atoms with Gasteiger partial charge in [-0.25, -0.2) is 9.18 Å². The van der Waals surface area contributed by atoms with E-state index < -0.39 is 11.7 Å². The average molecular weight is 332 g/mol. The molecule has 2 N–H and O–H groups in total. The van der Waals surface area contributed by atoms with Crippen LogP contribution in [0.2, 0.25) is 5.02 Å². The van der Waals surface area contributed by atoms with E-state index in [0.717, 1.165) is 11.1 Å². The number of halogens is 2. The topological polar surface area (TPSA) is 70.4 Å². The number of hydrogen-bond acceptors (Lipinski definition) is 3. The molecular weight excluding hydrogens is 321 g/mol. The first kappa shape index (κ1) is 15.2. The monoisotopic (exact) mass is 331 g/mol. The number of aromatic hydroxyl groups is 1. The van der Waals surface area contributed by atoms with Crippen LogP contribution in [0.3, 0.4) is 0 Å². The molecule has 0 fully saturated rings. The zero-order chi connectivity index (χ0) is 16.6. The number of phenols is 1. The van der Waals surface area contributed by atoms with Crippen molar-refractivity contribution in [3.05, 3.63) is 70.1 Å². The van der Waals surface area contributed by atoms with Crippen LogP contribution in [0, 0.1) is 5.82 Å². The highest BCUT2D eigenvalue weighted by atomic mass is 35.5. The molecule has 4 nitrogen and oxygen atoms in total. The third-order valence-corrected chi connectivity index (χ3v) is 3.82. The molecule has 0 radical (unpaired) electrons. The molecular formula is C17H11ClFNO3. The molecule has 2 aromatic carbocycles. The lowest BCUT2D eigenvalue weighted by Crippen LogP contribution is -1.99. The smallest absolute Gasteiger partial charge is 0.339 e. The van der Waals surface area contributed by atoms with Gasteiger partial charge in [0.1, 0.15) is 16.9 Å². The summed E-state index contributed by atoms with van der Waals surface area (Å²) in [6, 6.07) is 9.03. The Morgan fingerprint density at radius 2 is 1.87 bits per heavy atom. The molecule has 0 aliphatic rings. The van der Waals surface area contributed by atoms with E-state index in [0.29, 0.717) is 11.8 Å². The maximum atomic E-state index is 12.9. The van der Waals surface area contributed by atoms with Gasteiger partial charge in [-0.2, -0.15) is 0 Å². The predicted molar refractivity (Wildman–Crippen MR) is 84.6 cm³/mol. The van der Waals surface area contributed by atoms with Crippen LogP contribution in [-0.2, 0) is 6.42 Å². The second-order valence-electron chi connectivity index (χ2n) is 5.10. The standard InChI is InChI=1S/C17H11ClFNO3/c18-14-7-13(17(22)23)16(21)15-12(14)6-10(8-20-15)5-9-1-3-11(19)4-2-9/h1-4,6-8,21H,5H2,(H,22,23). The van der Waals surface area contributed by atoms with Crippen LogP contribution in [0.4, 0.5) is 4.39 Å². The van der Waals surface area contributed by atoms with Crippen LogP contribution in [0.1, 0.15) is 21.5 Å². The number of carbonyl (C=O) groups is 1. The van der Waals surface area contributed by atoms with Crippen LogP contribution in [0.5, 0.6) is 5.75 Å². The summed E-state index contributed by atoms with van der Waals surface area (Å²) in [7, 11) is 0. The van der Waals surface area contributed by atoms with E-state index in [-0.39, 0.29) is 21.9 Å². The highest BCUT2D eigenvalue weighted by molar-refractivity contribution is 6.36. The van der Waals surface area contributed by atoms with Crippen LogP contribution >= 0.6 is 11.6 Å². The van der Waals surface area contributed by atoms with E-state index in [1.807, 2.05) is 0 Å². The fourth-order valence-electron chi connectivity index (χ4n) is 2.38. The molecule has 0 aliphatic carbocycles. The minimum absolute atomic E-state index is 0.137. The highest BCUT2D eigenvalue weighted by Gasteiger charge is 2.17. The van der Waals surface area contributed by atoms with Crippen molar-refractivity contribution in [1.29, 1.82) is 0 Å². The number of pyridine rings is 1.